The first-order valence-electron chi connectivity index (χ1n) is 9.23. The highest BCUT2D eigenvalue weighted by Gasteiger charge is 2.20. The number of nitrogens with zero attached hydrogens (tertiary/aromatic N) is 1. The molecule has 0 radical (unpaired) electrons. The van der Waals surface area contributed by atoms with Gasteiger partial charge < -0.3 is 20.5 Å². The summed E-state index contributed by atoms with van der Waals surface area (Å²) in [5.41, 5.74) is 1.87. The largest absolute Gasteiger partial charge is 0.480 e. The van der Waals surface area contributed by atoms with E-state index in [0.29, 0.717) is 12.2 Å². The summed E-state index contributed by atoms with van der Waals surface area (Å²) >= 11 is 0. The molecule has 1 aromatic rings. The molecule has 1 amide bonds. The molecule has 1 heterocycles. The Morgan fingerprint density at radius 3 is 2.54 bits per heavy atom. The third kappa shape index (κ3) is 7.11. The predicted molar refractivity (Wildman–Crippen MR) is 100 cm³/mol. The van der Waals surface area contributed by atoms with Crippen molar-refractivity contribution in [3.63, 3.8) is 0 Å². The molecule has 1 aliphatic heterocycles. The van der Waals surface area contributed by atoms with Crippen LogP contribution in [-0.4, -0.2) is 67.3 Å². The number of morpholine rings is 1. The number of rotatable bonds is 10. The molecule has 144 valence electrons. The number of amides is 1. The van der Waals surface area contributed by atoms with Crippen molar-refractivity contribution in [2.75, 3.05) is 44.7 Å². The van der Waals surface area contributed by atoms with Crippen LogP contribution in [0.5, 0.6) is 0 Å². The van der Waals surface area contributed by atoms with E-state index < -0.39 is 12.0 Å². The summed E-state index contributed by atoms with van der Waals surface area (Å²) in [6.45, 7) is 6.87. The fourth-order valence-electron chi connectivity index (χ4n) is 2.87. The van der Waals surface area contributed by atoms with Crippen LogP contribution in [-0.2, 0) is 20.7 Å². The van der Waals surface area contributed by atoms with E-state index in [-0.39, 0.29) is 12.3 Å². The maximum Gasteiger partial charge on any atom is 0.321 e. The van der Waals surface area contributed by atoms with Crippen LogP contribution in [0.1, 0.15) is 25.3 Å². The van der Waals surface area contributed by atoms with E-state index in [1.54, 1.807) is 0 Å². The first-order chi connectivity index (χ1) is 12.6. The van der Waals surface area contributed by atoms with Gasteiger partial charge in [0.2, 0.25) is 5.91 Å². The molecule has 0 spiro atoms. The molecule has 3 N–H and O–H groups in total. The van der Waals surface area contributed by atoms with Crippen molar-refractivity contribution in [3.05, 3.63) is 29.8 Å². The molecule has 1 atom stereocenters. The summed E-state index contributed by atoms with van der Waals surface area (Å²) in [5, 5.41) is 15.1. The molecule has 1 saturated heterocycles. The molecule has 0 unspecified atom stereocenters. The van der Waals surface area contributed by atoms with Crippen LogP contribution in [0.15, 0.2) is 24.3 Å². The average Bonchev–Trinajstić information content (AvgIpc) is 2.65. The van der Waals surface area contributed by atoms with Crippen molar-refractivity contribution in [2.24, 2.45) is 0 Å². The highest BCUT2D eigenvalue weighted by molar-refractivity contribution is 5.94. The van der Waals surface area contributed by atoms with E-state index in [2.05, 4.69) is 22.5 Å². The highest BCUT2D eigenvalue weighted by atomic mass is 16.5. The fourth-order valence-corrected chi connectivity index (χ4v) is 2.87. The molecule has 0 aliphatic carbocycles. The van der Waals surface area contributed by atoms with Crippen molar-refractivity contribution < 1.29 is 19.4 Å². The lowest BCUT2D eigenvalue weighted by atomic mass is 10.1. The number of carboxylic acid groups (broad SMARTS) is 1. The SMILES string of the molecule is CCc1ccc(NC(=O)C[C@@H](NCCCN2CCOCC2)C(=O)O)cc1. The van der Waals surface area contributed by atoms with E-state index in [0.717, 1.165) is 45.7 Å². The number of nitrogens with one attached hydrogen (secondary N) is 2. The van der Waals surface area contributed by atoms with Gasteiger partial charge in [-0.3, -0.25) is 14.5 Å². The number of carbonyl (C=O) groups is 2. The van der Waals surface area contributed by atoms with Gasteiger partial charge in [-0.25, -0.2) is 0 Å². The van der Waals surface area contributed by atoms with Crippen molar-refractivity contribution in [1.82, 2.24) is 10.2 Å². The Morgan fingerprint density at radius 2 is 1.92 bits per heavy atom. The smallest absolute Gasteiger partial charge is 0.321 e. The number of aliphatic carboxylic acids is 1. The zero-order chi connectivity index (χ0) is 18.8. The van der Waals surface area contributed by atoms with Crippen LogP contribution in [0.2, 0.25) is 0 Å². The zero-order valence-electron chi connectivity index (χ0n) is 15.4. The molecule has 0 bridgehead atoms. The molecule has 1 aliphatic rings. The first-order valence-corrected chi connectivity index (χ1v) is 9.23. The van der Waals surface area contributed by atoms with Crippen LogP contribution >= 0.6 is 0 Å². The highest BCUT2D eigenvalue weighted by Crippen LogP contribution is 2.10. The van der Waals surface area contributed by atoms with E-state index in [4.69, 9.17) is 4.74 Å². The quantitative estimate of drug-likeness (QED) is 0.544. The van der Waals surface area contributed by atoms with Gasteiger partial charge in [-0.15, -0.1) is 0 Å². The first kappa shape index (κ1) is 20.4. The standard InChI is InChI=1S/C19H29N3O4/c1-2-15-4-6-16(7-5-15)21-18(23)14-17(19(24)25)20-8-3-9-22-10-12-26-13-11-22/h4-7,17,20H,2-3,8-14H2,1H3,(H,21,23)(H,24,25)/t17-/m1/s1. The Balaban J connectivity index is 1.71. The van der Waals surface area contributed by atoms with Crippen molar-refractivity contribution >= 4 is 17.6 Å². The van der Waals surface area contributed by atoms with Gasteiger partial charge in [0.15, 0.2) is 0 Å². The normalized spacial score (nSPS) is 16.2. The second-order valence-corrected chi connectivity index (χ2v) is 6.46. The lowest BCUT2D eigenvalue weighted by Gasteiger charge is -2.26. The maximum atomic E-state index is 12.1. The van der Waals surface area contributed by atoms with E-state index in [9.17, 15) is 14.7 Å². The van der Waals surface area contributed by atoms with Gasteiger partial charge in [-0.1, -0.05) is 19.1 Å². The third-order valence-electron chi connectivity index (χ3n) is 4.48. The minimum atomic E-state index is -1.01. The van der Waals surface area contributed by atoms with E-state index in [1.165, 1.54) is 5.56 Å². The van der Waals surface area contributed by atoms with Crippen LogP contribution in [0.4, 0.5) is 5.69 Å². The number of aryl methyl sites for hydroxylation is 1. The number of hydrogen-bond acceptors (Lipinski definition) is 5. The lowest BCUT2D eigenvalue weighted by molar-refractivity contribution is -0.141. The lowest BCUT2D eigenvalue weighted by Crippen LogP contribution is -2.42. The van der Waals surface area contributed by atoms with Gasteiger partial charge in [0.05, 0.1) is 19.6 Å². The van der Waals surface area contributed by atoms with Crippen LogP contribution in [0, 0.1) is 0 Å². The Kier molecular flexibility index (Phi) is 8.53. The Hall–Kier alpha value is -1.96. The Bertz CT molecular complexity index is 571. The van der Waals surface area contributed by atoms with Crippen LogP contribution in [0.25, 0.3) is 0 Å². The predicted octanol–water partition coefficient (Wildman–Crippen LogP) is 1.34. The number of benzene rings is 1. The summed E-state index contributed by atoms with van der Waals surface area (Å²) in [4.78, 5) is 25.8. The number of anilines is 1. The Morgan fingerprint density at radius 1 is 1.23 bits per heavy atom. The third-order valence-corrected chi connectivity index (χ3v) is 4.48. The van der Waals surface area contributed by atoms with Crippen LogP contribution < -0.4 is 10.6 Å². The van der Waals surface area contributed by atoms with Crippen LogP contribution in [0.3, 0.4) is 0 Å². The molecule has 26 heavy (non-hydrogen) atoms. The van der Waals surface area contributed by atoms with Gasteiger partial charge in [-0.05, 0) is 43.6 Å². The van der Waals surface area contributed by atoms with Gasteiger partial charge in [0.25, 0.3) is 0 Å². The maximum absolute atomic E-state index is 12.1. The molecule has 1 aromatic carbocycles. The molecular formula is C19H29N3O4. The van der Waals surface area contributed by atoms with Gasteiger partial charge >= 0.3 is 5.97 Å². The van der Waals surface area contributed by atoms with Gasteiger partial charge in [0, 0.05) is 18.8 Å². The zero-order valence-corrected chi connectivity index (χ0v) is 15.4. The number of hydrogen-bond donors (Lipinski definition) is 3. The minimum absolute atomic E-state index is 0.0948. The monoisotopic (exact) mass is 363 g/mol. The summed E-state index contributed by atoms with van der Waals surface area (Å²) in [6.07, 6.45) is 1.68. The second kappa shape index (κ2) is 10.9. The molecule has 0 saturated carbocycles. The number of carboxylic acids is 1. The summed E-state index contributed by atoms with van der Waals surface area (Å²) in [7, 11) is 0. The molecule has 2 rings (SSSR count). The van der Waals surface area contributed by atoms with Gasteiger partial charge in [-0.2, -0.15) is 0 Å². The molecule has 7 nitrogen and oxygen atoms in total. The van der Waals surface area contributed by atoms with E-state index >= 15 is 0 Å². The van der Waals surface area contributed by atoms with E-state index in [1.807, 2.05) is 24.3 Å². The topological polar surface area (TPSA) is 90.9 Å². The van der Waals surface area contributed by atoms with Crippen molar-refractivity contribution in [3.8, 4) is 0 Å². The summed E-state index contributed by atoms with van der Waals surface area (Å²) in [5.74, 6) is -1.31. The minimum Gasteiger partial charge on any atom is -0.480 e. The molecule has 7 heteroatoms. The fraction of sp³-hybridized carbons (Fsp3) is 0.579. The Labute approximate surface area is 154 Å². The summed E-state index contributed by atoms with van der Waals surface area (Å²) < 4.78 is 5.30. The summed E-state index contributed by atoms with van der Waals surface area (Å²) in [6, 6.07) is 6.70. The van der Waals surface area contributed by atoms with Crippen molar-refractivity contribution in [2.45, 2.75) is 32.2 Å². The number of ether oxygens (including phenoxy) is 1. The second-order valence-electron chi connectivity index (χ2n) is 6.46. The molecule has 1 fully saturated rings. The molecular weight excluding hydrogens is 334 g/mol. The van der Waals surface area contributed by atoms with Crippen molar-refractivity contribution in [1.29, 1.82) is 0 Å². The molecule has 0 aromatic heterocycles. The van der Waals surface area contributed by atoms with Gasteiger partial charge in [0.1, 0.15) is 6.04 Å². The number of carbonyl (C=O) groups excluding carboxylic acids is 1. The average molecular weight is 363 g/mol.